The highest BCUT2D eigenvalue weighted by Gasteiger charge is 2.42. The maximum atomic E-state index is 6.35. The van der Waals surface area contributed by atoms with Crippen LogP contribution in [0.3, 0.4) is 0 Å². The van der Waals surface area contributed by atoms with Gasteiger partial charge in [0.25, 0.3) is 0 Å². The first-order valence-corrected chi connectivity index (χ1v) is 10.8. The van der Waals surface area contributed by atoms with Crippen LogP contribution in [-0.2, 0) is 0 Å². The fourth-order valence-electron chi connectivity index (χ4n) is 3.79. The molecule has 0 amide bonds. The lowest BCUT2D eigenvalue weighted by atomic mass is 10.0. The molecule has 4 aromatic rings. The van der Waals surface area contributed by atoms with Crippen molar-refractivity contribution in [3.05, 3.63) is 107 Å². The zero-order valence-corrected chi connectivity index (χ0v) is 18.3. The normalized spacial score (nSPS) is 18.4. The Morgan fingerprint density at radius 3 is 2.40 bits per heavy atom. The van der Waals surface area contributed by atoms with Gasteiger partial charge in [-0.2, -0.15) is 0 Å². The zero-order valence-electron chi connectivity index (χ0n) is 15.9. The van der Waals surface area contributed by atoms with Gasteiger partial charge in [0.15, 0.2) is 5.11 Å². The van der Waals surface area contributed by atoms with Gasteiger partial charge in [-0.05, 0) is 60.7 Å². The van der Waals surface area contributed by atoms with E-state index in [0.29, 0.717) is 5.11 Å². The Balaban J connectivity index is 1.60. The quantitative estimate of drug-likeness (QED) is 0.351. The molecule has 0 spiro atoms. The average molecular weight is 476 g/mol. The molecular formula is C24H18BrN3OS. The fourth-order valence-corrected chi connectivity index (χ4v) is 4.40. The molecule has 4 nitrogen and oxygen atoms in total. The number of nitrogens with one attached hydrogen (secondary N) is 1. The van der Waals surface area contributed by atoms with Crippen LogP contribution in [-0.4, -0.2) is 10.1 Å². The average Bonchev–Trinajstić information content (AvgIpc) is 3.40. The summed E-state index contributed by atoms with van der Waals surface area (Å²) in [4.78, 5) is 6.69. The Bertz CT molecular complexity index is 1160. The minimum Gasteiger partial charge on any atom is -0.459 e. The summed E-state index contributed by atoms with van der Waals surface area (Å²) in [5, 5.41) is 4.10. The maximum Gasteiger partial charge on any atom is 0.174 e. The Kier molecular flexibility index (Phi) is 5.11. The van der Waals surface area contributed by atoms with Gasteiger partial charge in [-0.15, -0.1) is 0 Å². The van der Waals surface area contributed by atoms with Gasteiger partial charge in [0.2, 0.25) is 0 Å². The van der Waals surface area contributed by atoms with E-state index in [1.165, 1.54) is 0 Å². The first-order chi connectivity index (χ1) is 14.7. The summed E-state index contributed by atoms with van der Waals surface area (Å²) in [7, 11) is 0. The third-order valence-electron chi connectivity index (χ3n) is 5.18. The molecule has 0 saturated carbocycles. The molecule has 0 bridgehead atoms. The maximum absolute atomic E-state index is 6.35. The number of aromatic nitrogens is 1. The fraction of sp³-hybridized carbons (Fsp3) is 0.0833. The van der Waals surface area contributed by atoms with Crippen molar-refractivity contribution in [3.63, 3.8) is 0 Å². The summed E-state index contributed by atoms with van der Waals surface area (Å²) in [6.07, 6.45) is 1.80. The SMILES string of the molecule is S=C1NC(c2ccccn2)C(c2ccc(-c3ccccc3)o2)N1c1ccc(Br)cc1. The number of anilines is 1. The van der Waals surface area contributed by atoms with E-state index in [1.54, 1.807) is 6.20 Å². The predicted octanol–water partition coefficient (Wildman–Crippen LogP) is 6.28. The molecule has 148 valence electrons. The summed E-state index contributed by atoms with van der Waals surface area (Å²) >= 11 is 9.25. The van der Waals surface area contributed by atoms with Crippen molar-refractivity contribution in [3.8, 4) is 11.3 Å². The molecular weight excluding hydrogens is 458 g/mol. The number of rotatable bonds is 4. The standard InChI is InChI=1S/C24H18BrN3OS/c25-17-9-11-18(12-10-17)28-23(22(27-24(28)30)19-8-4-5-15-26-19)21-14-13-20(29-21)16-6-2-1-3-7-16/h1-15,22-23H,(H,27,30). The molecule has 0 radical (unpaired) electrons. The molecule has 1 fully saturated rings. The van der Waals surface area contributed by atoms with E-state index in [-0.39, 0.29) is 12.1 Å². The molecule has 2 aromatic heterocycles. The van der Waals surface area contributed by atoms with Gasteiger partial charge < -0.3 is 14.6 Å². The summed E-state index contributed by atoms with van der Waals surface area (Å²) in [5.41, 5.74) is 2.96. The van der Waals surface area contributed by atoms with Crippen LogP contribution in [0.25, 0.3) is 11.3 Å². The lowest BCUT2D eigenvalue weighted by Gasteiger charge is -2.26. The van der Waals surface area contributed by atoms with Gasteiger partial charge in [-0.3, -0.25) is 4.98 Å². The molecule has 0 aliphatic carbocycles. The summed E-state index contributed by atoms with van der Waals surface area (Å²) < 4.78 is 7.37. The number of thiocarbonyl (C=S) groups is 1. The van der Waals surface area contributed by atoms with Crippen LogP contribution in [0, 0.1) is 0 Å². The second-order valence-corrected chi connectivity index (χ2v) is 8.34. The Morgan fingerprint density at radius 1 is 0.900 bits per heavy atom. The number of halogens is 1. The van der Waals surface area contributed by atoms with Crippen LogP contribution in [0.4, 0.5) is 5.69 Å². The van der Waals surface area contributed by atoms with Gasteiger partial charge in [0.1, 0.15) is 17.6 Å². The molecule has 3 heterocycles. The minimum atomic E-state index is -0.161. The number of hydrogen-bond acceptors (Lipinski definition) is 3. The van der Waals surface area contributed by atoms with E-state index in [1.807, 2.05) is 84.9 Å². The van der Waals surface area contributed by atoms with Gasteiger partial charge in [0.05, 0.1) is 11.7 Å². The molecule has 2 unspecified atom stereocenters. The van der Waals surface area contributed by atoms with Crippen molar-refractivity contribution in [1.29, 1.82) is 0 Å². The molecule has 5 rings (SSSR count). The Morgan fingerprint density at radius 2 is 1.67 bits per heavy atom. The van der Waals surface area contributed by atoms with Crippen molar-refractivity contribution in [2.24, 2.45) is 0 Å². The van der Waals surface area contributed by atoms with E-state index in [2.05, 4.69) is 31.1 Å². The van der Waals surface area contributed by atoms with Crippen LogP contribution in [0.1, 0.15) is 23.5 Å². The minimum absolute atomic E-state index is 0.128. The van der Waals surface area contributed by atoms with E-state index >= 15 is 0 Å². The molecule has 6 heteroatoms. The number of furan rings is 1. The highest BCUT2D eigenvalue weighted by molar-refractivity contribution is 9.10. The van der Waals surface area contributed by atoms with E-state index in [0.717, 1.165) is 32.9 Å². The molecule has 30 heavy (non-hydrogen) atoms. The molecule has 2 atom stereocenters. The molecule has 1 aliphatic rings. The smallest absolute Gasteiger partial charge is 0.174 e. The Labute approximate surface area is 188 Å². The van der Waals surface area contributed by atoms with E-state index < -0.39 is 0 Å². The van der Waals surface area contributed by atoms with Crippen molar-refractivity contribution < 1.29 is 4.42 Å². The second kappa shape index (κ2) is 8.05. The highest BCUT2D eigenvalue weighted by Crippen LogP contribution is 2.43. The van der Waals surface area contributed by atoms with Crippen LogP contribution in [0.15, 0.2) is 100 Å². The van der Waals surface area contributed by atoms with Crippen molar-refractivity contribution in [2.45, 2.75) is 12.1 Å². The monoisotopic (exact) mass is 475 g/mol. The van der Waals surface area contributed by atoms with Crippen molar-refractivity contribution >= 4 is 38.9 Å². The first-order valence-electron chi connectivity index (χ1n) is 9.62. The lowest BCUT2D eigenvalue weighted by molar-refractivity contribution is 0.439. The highest BCUT2D eigenvalue weighted by atomic mass is 79.9. The molecule has 2 aromatic carbocycles. The van der Waals surface area contributed by atoms with Gasteiger partial charge in [-0.25, -0.2) is 0 Å². The second-order valence-electron chi connectivity index (χ2n) is 7.04. The number of benzene rings is 2. The third-order valence-corrected chi connectivity index (χ3v) is 6.02. The number of pyridine rings is 1. The topological polar surface area (TPSA) is 41.3 Å². The number of nitrogens with zero attached hydrogens (tertiary/aromatic N) is 2. The van der Waals surface area contributed by atoms with Gasteiger partial charge >= 0.3 is 0 Å². The van der Waals surface area contributed by atoms with Crippen LogP contribution in [0.5, 0.6) is 0 Å². The summed E-state index contributed by atoms with van der Waals surface area (Å²) in [5.74, 6) is 1.67. The number of hydrogen-bond donors (Lipinski definition) is 1. The van der Waals surface area contributed by atoms with Crippen molar-refractivity contribution in [2.75, 3.05) is 4.90 Å². The van der Waals surface area contributed by atoms with E-state index in [4.69, 9.17) is 16.6 Å². The molecule has 1 aliphatic heterocycles. The lowest BCUT2D eigenvalue weighted by Crippen LogP contribution is -2.29. The van der Waals surface area contributed by atoms with E-state index in [9.17, 15) is 0 Å². The first kappa shape index (κ1) is 19.0. The molecule has 1 saturated heterocycles. The predicted molar refractivity (Wildman–Crippen MR) is 126 cm³/mol. The molecule has 1 N–H and O–H groups in total. The zero-order chi connectivity index (χ0) is 20.5. The van der Waals surface area contributed by atoms with Crippen molar-refractivity contribution in [1.82, 2.24) is 10.3 Å². The van der Waals surface area contributed by atoms with Crippen LogP contribution < -0.4 is 10.2 Å². The summed E-state index contributed by atoms with van der Waals surface area (Å²) in [6.45, 7) is 0. The van der Waals surface area contributed by atoms with Gasteiger partial charge in [0, 0.05) is 21.9 Å². The Hall–Kier alpha value is -2.96. The largest absolute Gasteiger partial charge is 0.459 e. The van der Waals surface area contributed by atoms with Crippen LogP contribution in [0.2, 0.25) is 0 Å². The van der Waals surface area contributed by atoms with Crippen LogP contribution >= 0.6 is 28.1 Å². The third kappa shape index (κ3) is 3.53. The summed E-state index contributed by atoms with van der Waals surface area (Å²) in [6, 6.07) is 27.9. The van der Waals surface area contributed by atoms with Gasteiger partial charge in [-0.1, -0.05) is 52.3 Å².